The molecule has 0 aliphatic carbocycles. The molecule has 0 atom stereocenters. The van der Waals surface area contributed by atoms with Crippen molar-refractivity contribution in [1.82, 2.24) is 9.13 Å². The summed E-state index contributed by atoms with van der Waals surface area (Å²) in [4.78, 5) is 14.1. The first-order valence-electron chi connectivity index (χ1n) is 15.5. The maximum absolute atomic E-state index is 14.1. The first-order chi connectivity index (χ1) is 21.2. The van der Waals surface area contributed by atoms with E-state index in [0.717, 1.165) is 95.9 Å². The van der Waals surface area contributed by atoms with Crippen LogP contribution in [0.2, 0.25) is 20.1 Å². The highest BCUT2D eigenvalue weighted by Crippen LogP contribution is 2.59. The van der Waals surface area contributed by atoms with Gasteiger partial charge in [0.15, 0.2) is 5.60 Å². The van der Waals surface area contributed by atoms with Gasteiger partial charge in [-0.1, -0.05) is 122 Å². The highest BCUT2D eigenvalue weighted by Gasteiger charge is 2.56. The number of unbranched alkanes of at least 4 members (excludes halogenated alkanes) is 4. The minimum absolute atomic E-state index is 0.0438. The number of cyclic esters (lactones) is 1. The second-order valence-corrected chi connectivity index (χ2v) is 13.3. The van der Waals surface area contributed by atoms with E-state index in [9.17, 15) is 4.79 Å². The summed E-state index contributed by atoms with van der Waals surface area (Å²) >= 11 is 27.3. The van der Waals surface area contributed by atoms with E-state index in [1.807, 2.05) is 12.1 Å². The number of ether oxygens (including phenoxy) is 1. The van der Waals surface area contributed by atoms with Crippen LogP contribution in [0, 0.1) is 13.8 Å². The highest BCUT2D eigenvalue weighted by atomic mass is 35.5. The lowest BCUT2D eigenvalue weighted by Gasteiger charge is -2.32. The van der Waals surface area contributed by atoms with Crippen LogP contribution >= 0.6 is 46.4 Å². The maximum Gasteiger partial charge on any atom is 0.341 e. The summed E-state index contributed by atoms with van der Waals surface area (Å²) in [6.07, 6.45) is 6.52. The van der Waals surface area contributed by atoms with Gasteiger partial charge in [-0.3, -0.25) is 0 Å². The molecule has 3 aromatic carbocycles. The van der Waals surface area contributed by atoms with E-state index in [-0.39, 0.29) is 25.7 Å². The second kappa shape index (κ2) is 12.3. The third-order valence-electron chi connectivity index (χ3n) is 9.21. The average molecular weight is 671 g/mol. The number of hydrogen-bond donors (Lipinski definition) is 0. The number of esters is 1. The zero-order chi connectivity index (χ0) is 31.3. The van der Waals surface area contributed by atoms with E-state index in [1.54, 1.807) is 0 Å². The van der Waals surface area contributed by atoms with E-state index in [4.69, 9.17) is 51.1 Å². The minimum Gasteiger partial charge on any atom is -0.440 e. The molecule has 44 heavy (non-hydrogen) atoms. The molecular weight excluding hydrogens is 634 g/mol. The zero-order valence-electron chi connectivity index (χ0n) is 25.5. The van der Waals surface area contributed by atoms with Gasteiger partial charge in [0.05, 0.1) is 25.7 Å². The first kappa shape index (κ1) is 31.4. The molecule has 3 heterocycles. The van der Waals surface area contributed by atoms with E-state index < -0.39 is 11.6 Å². The predicted octanol–water partition coefficient (Wildman–Crippen LogP) is 11.7. The zero-order valence-corrected chi connectivity index (χ0v) is 28.5. The number of carbonyl (C=O) groups excluding carboxylic acids is 1. The van der Waals surface area contributed by atoms with Crippen molar-refractivity contribution >= 4 is 74.2 Å². The molecule has 5 aromatic rings. The number of carbonyl (C=O) groups is 1. The van der Waals surface area contributed by atoms with Crippen LogP contribution < -0.4 is 0 Å². The van der Waals surface area contributed by atoms with Gasteiger partial charge in [-0.2, -0.15) is 0 Å². The molecule has 230 valence electrons. The van der Waals surface area contributed by atoms with E-state index >= 15 is 0 Å². The molecule has 4 nitrogen and oxygen atoms in total. The molecule has 0 radical (unpaired) electrons. The van der Waals surface area contributed by atoms with Crippen LogP contribution in [0.25, 0.3) is 21.8 Å². The summed E-state index contributed by atoms with van der Waals surface area (Å²) in [5, 5.41) is 2.35. The van der Waals surface area contributed by atoms with Crippen molar-refractivity contribution in [2.75, 3.05) is 0 Å². The molecule has 1 aliphatic rings. The first-order valence-corrected chi connectivity index (χ1v) is 17.0. The molecule has 8 heteroatoms. The third-order valence-corrected chi connectivity index (χ3v) is 11.0. The smallest absolute Gasteiger partial charge is 0.341 e. The number of nitrogens with zero attached hydrogens (tertiary/aromatic N) is 2. The van der Waals surface area contributed by atoms with Gasteiger partial charge in [-0.05, 0) is 38.8 Å². The summed E-state index contributed by atoms with van der Waals surface area (Å²) in [5.41, 5.74) is 5.07. The quantitative estimate of drug-likeness (QED) is 0.0642. The molecule has 0 bridgehead atoms. The van der Waals surface area contributed by atoms with Crippen LogP contribution in [-0.2, 0) is 23.4 Å². The molecule has 0 spiro atoms. The molecule has 1 aliphatic heterocycles. The van der Waals surface area contributed by atoms with Crippen molar-refractivity contribution in [3.05, 3.63) is 102 Å². The van der Waals surface area contributed by atoms with Gasteiger partial charge in [-0.15, -0.1) is 0 Å². The van der Waals surface area contributed by atoms with Gasteiger partial charge in [0, 0.05) is 63.0 Å². The Labute approximate surface area is 278 Å². The van der Waals surface area contributed by atoms with Crippen LogP contribution in [0.1, 0.15) is 90.8 Å². The number of aryl methyl sites for hydroxylation is 2. The molecular formula is C36H36Cl4N2O2. The maximum atomic E-state index is 14.1. The van der Waals surface area contributed by atoms with Crippen LogP contribution in [-0.4, -0.2) is 15.1 Å². The molecule has 0 saturated carbocycles. The van der Waals surface area contributed by atoms with Crippen molar-refractivity contribution in [3.8, 4) is 0 Å². The molecule has 0 fully saturated rings. The Morgan fingerprint density at radius 3 is 1.57 bits per heavy atom. The van der Waals surface area contributed by atoms with Gasteiger partial charge in [0.1, 0.15) is 0 Å². The summed E-state index contributed by atoms with van der Waals surface area (Å²) in [5.74, 6) is -0.574. The summed E-state index contributed by atoms with van der Waals surface area (Å²) < 4.78 is 11.5. The van der Waals surface area contributed by atoms with Crippen molar-refractivity contribution in [1.29, 1.82) is 0 Å². The lowest BCUT2D eigenvalue weighted by atomic mass is 9.77. The van der Waals surface area contributed by atoms with Gasteiger partial charge in [-0.25, -0.2) is 4.79 Å². The molecule has 6 rings (SSSR count). The number of aromatic nitrogens is 2. The number of para-hydroxylation sites is 2. The second-order valence-electron chi connectivity index (χ2n) is 11.7. The Hall–Kier alpha value is -2.63. The number of fused-ring (bicyclic) bond motifs is 3. The molecule has 0 N–H and O–H groups in total. The minimum atomic E-state index is -1.43. The SMILES string of the molecule is CCCCCn1c(C)c(C2(c3c(C)n(CCCCC)c4ccccc34)OC(=O)c3c(Cl)c(Cl)c(Cl)c(Cl)c32)c2ccccc21. The predicted molar refractivity (Wildman–Crippen MR) is 184 cm³/mol. The van der Waals surface area contributed by atoms with Crippen LogP contribution in [0.4, 0.5) is 0 Å². The lowest BCUT2D eigenvalue weighted by Crippen LogP contribution is -2.32. The fourth-order valence-corrected chi connectivity index (χ4v) is 8.30. The van der Waals surface area contributed by atoms with E-state index in [0.29, 0.717) is 5.56 Å². The van der Waals surface area contributed by atoms with Crippen LogP contribution in [0.5, 0.6) is 0 Å². The van der Waals surface area contributed by atoms with Gasteiger partial charge >= 0.3 is 5.97 Å². The van der Waals surface area contributed by atoms with Gasteiger partial charge in [0.25, 0.3) is 0 Å². The summed E-state index contributed by atoms with van der Waals surface area (Å²) in [6, 6.07) is 16.6. The fraction of sp³-hybridized carbons (Fsp3) is 0.361. The molecule has 0 saturated heterocycles. The van der Waals surface area contributed by atoms with Gasteiger partial charge in [0.2, 0.25) is 0 Å². The van der Waals surface area contributed by atoms with Crippen molar-refractivity contribution in [2.24, 2.45) is 0 Å². The Balaban J connectivity index is 1.80. The van der Waals surface area contributed by atoms with E-state index in [2.05, 4.69) is 73.2 Å². The lowest BCUT2D eigenvalue weighted by molar-refractivity contribution is 0.0256. The monoisotopic (exact) mass is 668 g/mol. The van der Waals surface area contributed by atoms with Crippen LogP contribution in [0.15, 0.2) is 48.5 Å². The van der Waals surface area contributed by atoms with Crippen molar-refractivity contribution in [3.63, 3.8) is 0 Å². The topological polar surface area (TPSA) is 36.2 Å². The molecule has 2 aromatic heterocycles. The Bertz CT molecular complexity index is 1830. The summed E-state index contributed by atoms with van der Waals surface area (Å²) in [7, 11) is 0. The standard InChI is InChI=1S/C36H36Cl4N2O2/c1-5-7-13-19-41-21(3)28(23-15-9-11-17-25(23)41)36(30-27(35(43)44-36)31(37)33(39)34(40)32(30)38)29-22(4)42(20-14-8-6-2)26-18-12-10-16-24(26)29/h9-12,15-18H,5-8,13-14,19-20H2,1-4H3. The van der Waals surface area contributed by atoms with Crippen LogP contribution in [0.3, 0.4) is 0 Å². The highest BCUT2D eigenvalue weighted by molar-refractivity contribution is 6.53. The Kier molecular flexibility index (Phi) is 8.75. The fourth-order valence-electron chi connectivity index (χ4n) is 7.24. The van der Waals surface area contributed by atoms with Crippen molar-refractivity contribution < 1.29 is 9.53 Å². The Morgan fingerprint density at radius 1 is 0.636 bits per heavy atom. The van der Waals surface area contributed by atoms with E-state index in [1.165, 1.54) is 0 Å². The third kappa shape index (κ3) is 4.59. The average Bonchev–Trinajstić information content (AvgIpc) is 3.59. The number of benzene rings is 3. The summed E-state index contributed by atoms with van der Waals surface area (Å²) in [6.45, 7) is 10.3. The number of hydrogen-bond acceptors (Lipinski definition) is 2. The molecule has 0 unspecified atom stereocenters. The molecule has 0 amide bonds. The van der Waals surface area contributed by atoms with Crippen molar-refractivity contribution in [2.45, 2.75) is 84.9 Å². The Morgan fingerprint density at radius 2 is 1.09 bits per heavy atom. The normalized spacial score (nSPS) is 14.1. The number of halogens is 4. The largest absolute Gasteiger partial charge is 0.440 e. The number of rotatable bonds is 10. The van der Waals surface area contributed by atoms with Gasteiger partial charge < -0.3 is 13.9 Å².